The van der Waals surface area contributed by atoms with Crippen molar-refractivity contribution in [2.45, 2.75) is 85.5 Å². The summed E-state index contributed by atoms with van der Waals surface area (Å²) in [5.41, 5.74) is 9.09. The zero-order valence-corrected chi connectivity index (χ0v) is 30.2. The molecule has 0 bridgehead atoms. The third kappa shape index (κ3) is 8.33. The summed E-state index contributed by atoms with van der Waals surface area (Å²) < 4.78 is 5.56. The number of ether oxygens (including phenoxy) is 1. The Hall–Kier alpha value is -4.21. The second kappa shape index (κ2) is 16.0. The molecule has 3 aromatic rings. The minimum Gasteiger partial charge on any atom is -0.381 e. The predicted molar refractivity (Wildman–Crippen MR) is 197 cm³/mol. The van der Waals surface area contributed by atoms with E-state index in [4.69, 9.17) is 4.74 Å². The number of nitrogens with one attached hydrogen (secondary N) is 2. The number of aromatic nitrogens is 1. The lowest BCUT2D eigenvalue weighted by Gasteiger charge is -2.40. The van der Waals surface area contributed by atoms with Gasteiger partial charge in [-0.25, -0.2) is 0 Å². The van der Waals surface area contributed by atoms with E-state index in [1.807, 2.05) is 37.8 Å². The van der Waals surface area contributed by atoms with Gasteiger partial charge in [0.2, 0.25) is 5.91 Å². The Labute approximate surface area is 291 Å². The number of likely N-dealkylation sites (tertiary alicyclic amines) is 2. The molecule has 5 rings (SSSR count). The van der Waals surface area contributed by atoms with Crippen molar-refractivity contribution in [3.05, 3.63) is 98.5 Å². The van der Waals surface area contributed by atoms with Gasteiger partial charge in [-0.05, 0) is 118 Å². The number of pyridine rings is 1. The molecule has 2 amide bonds. The first-order valence-electron chi connectivity index (χ1n) is 17.7. The van der Waals surface area contributed by atoms with Gasteiger partial charge in [0.25, 0.3) is 11.5 Å². The van der Waals surface area contributed by atoms with E-state index in [-0.39, 0.29) is 30.0 Å². The smallest absolute Gasteiger partial charge is 0.253 e. The summed E-state index contributed by atoms with van der Waals surface area (Å²) in [4.78, 5) is 48.6. The summed E-state index contributed by atoms with van der Waals surface area (Å²) in [5, 5.41) is 3.05. The molecule has 0 unspecified atom stereocenters. The molecular formula is C40H53N5O4. The average molecular weight is 668 g/mol. The molecule has 0 saturated carbocycles. The molecule has 0 radical (unpaired) electrons. The molecule has 2 aliphatic rings. The highest BCUT2D eigenvalue weighted by Crippen LogP contribution is 2.35. The lowest BCUT2D eigenvalue weighted by molar-refractivity contribution is -0.127. The highest BCUT2D eigenvalue weighted by Gasteiger charge is 2.28. The van der Waals surface area contributed by atoms with Crippen LogP contribution in [0.5, 0.6) is 0 Å². The number of H-pyrrole nitrogens is 1. The Morgan fingerprint density at radius 2 is 1.69 bits per heavy atom. The topological polar surface area (TPSA) is 98.0 Å². The summed E-state index contributed by atoms with van der Waals surface area (Å²) in [6.45, 7) is 19.0. The summed E-state index contributed by atoms with van der Waals surface area (Å²) in [6.07, 6.45) is 5.53. The van der Waals surface area contributed by atoms with Crippen LogP contribution in [0.25, 0.3) is 11.1 Å². The van der Waals surface area contributed by atoms with Crippen LogP contribution in [0.3, 0.4) is 0 Å². The summed E-state index contributed by atoms with van der Waals surface area (Å²) in [6, 6.07) is 13.0. The number of hydrogen-bond donors (Lipinski definition) is 2. The van der Waals surface area contributed by atoms with Crippen LogP contribution in [0.15, 0.2) is 53.8 Å². The molecular weight excluding hydrogens is 614 g/mol. The number of methoxy groups -OCH3 is 1. The molecule has 2 N–H and O–H groups in total. The van der Waals surface area contributed by atoms with Crippen molar-refractivity contribution in [3.8, 4) is 11.1 Å². The Morgan fingerprint density at radius 3 is 2.31 bits per heavy atom. The van der Waals surface area contributed by atoms with E-state index >= 15 is 0 Å². The van der Waals surface area contributed by atoms with Gasteiger partial charge in [-0.3, -0.25) is 19.3 Å². The van der Waals surface area contributed by atoms with Crippen molar-refractivity contribution in [1.29, 1.82) is 0 Å². The first-order chi connectivity index (χ1) is 23.5. The van der Waals surface area contributed by atoms with E-state index in [9.17, 15) is 14.4 Å². The number of aryl methyl sites for hydroxylation is 3. The van der Waals surface area contributed by atoms with Crippen molar-refractivity contribution in [2.24, 2.45) is 0 Å². The number of rotatable bonds is 11. The number of anilines is 1. The van der Waals surface area contributed by atoms with E-state index in [1.54, 1.807) is 7.11 Å². The number of aromatic amines is 1. The SMILES string of the molecule is C=CC(=O)N1CCC(N(CC)c2cc(-c3ccc(CN4CCC(OC)CC4)c(C)c3)cc(C(=O)NCc3c(C)cc(C)[nH]c3=O)c2C)CC1. The van der Waals surface area contributed by atoms with E-state index in [0.717, 1.165) is 85.5 Å². The maximum Gasteiger partial charge on any atom is 0.253 e. The quantitative estimate of drug-likeness (QED) is 0.250. The fourth-order valence-corrected chi connectivity index (χ4v) is 7.51. The van der Waals surface area contributed by atoms with Crippen LogP contribution in [-0.4, -0.2) is 78.6 Å². The largest absolute Gasteiger partial charge is 0.381 e. The molecule has 2 aliphatic heterocycles. The van der Waals surface area contributed by atoms with Crippen LogP contribution >= 0.6 is 0 Å². The maximum atomic E-state index is 14.0. The van der Waals surface area contributed by atoms with Crippen molar-refractivity contribution >= 4 is 17.5 Å². The van der Waals surface area contributed by atoms with Gasteiger partial charge in [-0.2, -0.15) is 0 Å². The second-order valence-corrected chi connectivity index (χ2v) is 13.7. The summed E-state index contributed by atoms with van der Waals surface area (Å²) in [7, 11) is 1.80. The highest BCUT2D eigenvalue weighted by atomic mass is 16.5. The van der Waals surface area contributed by atoms with Gasteiger partial charge in [0.1, 0.15) is 0 Å². The molecule has 3 heterocycles. The third-order valence-corrected chi connectivity index (χ3v) is 10.5. The normalized spacial score (nSPS) is 16.1. The molecule has 2 saturated heterocycles. The number of hydrogen-bond acceptors (Lipinski definition) is 6. The van der Waals surface area contributed by atoms with Gasteiger partial charge in [0.15, 0.2) is 0 Å². The first kappa shape index (κ1) is 36.1. The number of amides is 2. The second-order valence-electron chi connectivity index (χ2n) is 13.7. The molecule has 0 aliphatic carbocycles. The van der Waals surface area contributed by atoms with E-state index in [0.29, 0.717) is 30.3 Å². The molecule has 0 atom stereocenters. The molecule has 9 nitrogen and oxygen atoms in total. The Morgan fingerprint density at radius 1 is 0.980 bits per heavy atom. The summed E-state index contributed by atoms with van der Waals surface area (Å²) >= 11 is 0. The van der Waals surface area contributed by atoms with Gasteiger partial charge < -0.3 is 24.8 Å². The zero-order chi connectivity index (χ0) is 35.2. The van der Waals surface area contributed by atoms with Crippen LogP contribution in [0.2, 0.25) is 0 Å². The van der Waals surface area contributed by atoms with Gasteiger partial charge >= 0.3 is 0 Å². The highest BCUT2D eigenvalue weighted by molar-refractivity contribution is 5.99. The van der Waals surface area contributed by atoms with Crippen LogP contribution in [0.1, 0.15) is 76.5 Å². The summed E-state index contributed by atoms with van der Waals surface area (Å²) in [5.74, 6) is -0.241. The fraction of sp³-hybridized carbons (Fsp3) is 0.475. The molecule has 2 fully saturated rings. The number of carbonyl (C=O) groups is 2. The first-order valence-corrected chi connectivity index (χ1v) is 17.7. The van der Waals surface area contributed by atoms with Crippen molar-refractivity contribution in [2.75, 3.05) is 44.7 Å². The molecule has 1 aromatic heterocycles. The van der Waals surface area contributed by atoms with Gasteiger partial charge in [-0.1, -0.05) is 24.8 Å². The molecule has 262 valence electrons. The minimum atomic E-state index is -0.213. The number of benzene rings is 2. The zero-order valence-electron chi connectivity index (χ0n) is 30.2. The lowest BCUT2D eigenvalue weighted by atomic mass is 9.93. The number of nitrogens with zero attached hydrogens (tertiary/aromatic N) is 3. The predicted octanol–water partition coefficient (Wildman–Crippen LogP) is 5.82. The lowest BCUT2D eigenvalue weighted by Crippen LogP contribution is -2.46. The van der Waals surface area contributed by atoms with Gasteiger partial charge in [0.05, 0.1) is 6.10 Å². The Kier molecular flexibility index (Phi) is 11.8. The third-order valence-electron chi connectivity index (χ3n) is 10.5. The van der Waals surface area contributed by atoms with E-state index < -0.39 is 0 Å². The average Bonchev–Trinajstić information content (AvgIpc) is 3.09. The van der Waals surface area contributed by atoms with E-state index in [1.165, 1.54) is 17.2 Å². The van der Waals surface area contributed by atoms with Crippen LogP contribution in [0.4, 0.5) is 5.69 Å². The molecule has 9 heteroatoms. The maximum absolute atomic E-state index is 14.0. The van der Waals surface area contributed by atoms with Crippen LogP contribution in [-0.2, 0) is 22.6 Å². The standard InChI is InChI=1S/C40H53N5O4/c1-8-38(46)44-18-12-33(13-19-44)45(9-2)37-23-32(30-10-11-31(26(3)21-30)25-43-16-14-34(49-7)15-17-43)22-35(29(37)6)39(47)41-24-36-27(4)20-28(5)42-40(36)48/h8,10-11,20-23,33-34H,1,9,12-19,24-25H2,2-7H3,(H,41,47)(H,42,48). The van der Waals surface area contributed by atoms with Gasteiger partial charge in [0, 0.05) is 81.5 Å². The van der Waals surface area contributed by atoms with Crippen molar-refractivity contribution < 1.29 is 14.3 Å². The Bertz CT molecular complexity index is 1730. The monoisotopic (exact) mass is 667 g/mol. The number of piperidine rings is 2. The number of carbonyl (C=O) groups excluding carboxylic acids is 2. The van der Waals surface area contributed by atoms with E-state index in [2.05, 4.69) is 64.8 Å². The molecule has 49 heavy (non-hydrogen) atoms. The van der Waals surface area contributed by atoms with Crippen molar-refractivity contribution in [3.63, 3.8) is 0 Å². The fourth-order valence-electron chi connectivity index (χ4n) is 7.51. The van der Waals surface area contributed by atoms with Crippen LogP contribution < -0.4 is 15.8 Å². The van der Waals surface area contributed by atoms with Gasteiger partial charge in [-0.15, -0.1) is 0 Å². The molecule has 2 aromatic carbocycles. The van der Waals surface area contributed by atoms with Crippen molar-refractivity contribution in [1.82, 2.24) is 20.1 Å². The van der Waals surface area contributed by atoms with Crippen LogP contribution in [0, 0.1) is 27.7 Å². The Balaban J connectivity index is 1.46. The minimum absolute atomic E-state index is 0.0282. The molecule has 0 spiro atoms.